The molecule has 1 aliphatic rings. The van der Waals surface area contributed by atoms with Gasteiger partial charge in [-0.1, -0.05) is 25.7 Å². The van der Waals surface area contributed by atoms with Gasteiger partial charge in [-0.2, -0.15) is 4.31 Å². The molecule has 6 nitrogen and oxygen atoms in total. The molecule has 0 aromatic carbocycles. The summed E-state index contributed by atoms with van der Waals surface area (Å²) in [5, 5.41) is 2.96. The van der Waals surface area contributed by atoms with Gasteiger partial charge in [0.05, 0.1) is 12.4 Å². The highest BCUT2D eigenvalue weighted by molar-refractivity contribution is 7.89. The number of hydrogen-bond acceptors (Lipinski definition) is 5. The number of aromatic nitrogens is 2. The van der Waals surface area contributed by atoms with Gasteiger partial charge in [-0.3, -0.25) is 0 Å². The van der Waals surface area contributed by atoms with E-state index in [1.54, 1.807) is 7.05 Å². The smallest absolute Gasteiger partial charge is 0.246 e. The van der Waals surface area contributed by atoms with Crippen LogP contribution in [0.2, 0.25) is 0 Å². The van der Waals surface area contributed by atoms with Gasteiger partial charge in [-0.25, -0.2) is 18.4 Å². The van der Waals surface area contributed by atoms with Crippen LogP contribution in [-0.4, -0.2) is 42.3 Å². The van der Waals surface area contributed by atoms with Crippen LogP contribution in [0.5, 0.6) is 0 Å². The Labute approximate surface area is 127 Å². The highest BCUT2D eigenvalue weighted by Crippen LogP contribution is 2.25. The van der Waals surface area contributed by atoms with Crippen LogP contribution in [0.1, 0.15) is 45.4 Å². The first-order valence-electron chi connectivity index (χ1n) is 7.59. The van der Waals surface area contributed by atoms with Crippen molar-refractivity contribution in [2.75, 3.05) is 18.9 Å². The molecule has 0 spiro atoms. The van der Waals surface area contributed by atoms with Crippen LogP contribution in [-0.2, 0) is 10.0 Å². The zero-order valence-corrected chi connectivity index (χ0v) is 13.6. The van der Waals surface area contributed by atoms with Gasteiger partial charge in [-0.05, 0) is 19.8 Å². The average Bonchev–Trinajstić information content (AvgIpc) is 2.76. The molecule has 0 saturated heterocycles. The number of rotatable bonds is 5. The number of nitrogens with one attached hydrogen (secondary N) is 1. The Hall–Kier alpha value is -1.21. The van der Waals surface area contributed by atoms with Crippen molar-refractivity contribution in [2.24, 2.45) is 0 Å². The Morgan fingerprint density at radius 3 is 2.29 bits per heavy atom. The van der Waals surface area contributed by atoms with E-state index >= 15 is 0 Å². The summed E-state index contributed by atoms with van der Waals surface area (Å²) in [5.41, 5.74) is 0. The van der Waals surface area contributed by atoms with E-state index in [4.69, 9.17) is 0 Å². The van der Waals surface area contributed by atoms with Crippen LogP contribution < -0.4 is 5.32 Å². The zero-order valence-electron chi connectivity index (χ0n) is 12.7. The van der Waals surface area contributed by atoms with Crippen molar-refractivity contribution in [2.45, 2.75) is 56.4 Å². The molecule has 0 amide bonds. The first-order valence-corrected chi connectivity index (χ1v) is 9.03. The van der Waals surface area contributed by atoms with Crippen molar-refractivity contribution >= 4 is 16.0 Å². The van der Waals surface area contributed by atoms with Crippen LogP contribution in [0.4, 0.5) is 5.95 Å². The average molecular weight is 312 g/mol. The summed E-state index contributed by atoms with van der Waals surface area (Å²) in [6.45, 7) is 2.64. The Morgan fingerprint density at radius 1 is 1.19 bits per heavy atom. The molecule has 1 saturated carbocycles. The van der Waals surface area contributed by atoms with Crippen molar-refractivity contribution < 1.29 is 8.42 Å². The molecule has 118 valence electrons. The standard InChI is InChI=1S/C14H24N4O2S/c1-3-15-14-16-10-13(11-17-14)21(19,20)18(2)12-8-6-4-5-7-9-12/h10-12H,3-9H2,1-2H3,(H,15,16,17). The predicted molar refractivity (Wildman–Crippen MR) is 82.6 cm³/mol. The lowest BCUT2D eigenvalue weighted by molar-refractivity contribution is 0.335. The van der Waals surface area contributed by atoms with Crippen LogP contribution in [0.25, 0.3) is 0 Å². The quantitative estimate of drug-likeness (QED) is 0.844. The molecular formula is C14H24N4O2S. The lowest BCUT2D eigenvalue weighted by atomic mass is 10.1. The molecule has 0 aliphatic heterocycles. The third kappa shape index (κ3) is 3.91. The van der Waals surface area contributed by atoms with Gasteiger partial charge >= 0.3 is 0 Å². The van der Waals surface area contributed by atoms with Crippen molar-refractivity contribution in [3.8, 4) is 0 Å². The minimum absolute atomic E-state index is 0.0888. The van der Waals surface area contributed by atoms with E-state index in [9.17, 15) is 8.42 Å². The summed E-state index contributed by atoms with van der Waals surface area (Å²) in [4.78, 5) is 8.27. The SMILES string of the molecule is CCNc1ncc(S(=O)(=O)N(C)C2CCCCCC2)cn1. The fraction of sp³-hybridized carbons (Fsp3) is 0.714. The fourth-order valence-corrected chi connectivity index (χ4v) is 3.99. The van der Waals surface area contributed by atoms with Crippen LogP contribution in [0.15, 0.2) is 17.3 Å². The van der Waals surface area contributed by atoms with Gasteiger partial charge in [0.25, 0.3) is 0 Å². The third-order valence-corrected chi connectivity index (χ3v) is 5.84. The second-order valence-corrected chi connectivity index (χ2v) is 7.44. The number of hydrogen-bond donors (Lipinski definition) is 1. The third-order valence-electron chi connectivity index (χ3n) is 3.98. The molecule has 21 heavy (non-hydrogen) atoms. The highest BCUT2D eigenvalue weighted by atomic mass is 32.2. The van der Waals surface area contributed by atoms with Gasteiger partial charge in [0.1, 0.15) is 4.90 Å². The molecule has 0 atom stereocenters. The van der Waals surface area contributed by atoms with Gasteiger partial charge in [0.15, 0.2) is 0 Å². The molecule has 0 unspecified atom stereocenters. The van der Waals surface area contributed by atoms with Gasteiger partial charge in [0.2, 0.25) is 16.0 Å². The summed E-state index contributed by atoms with van der Waals surface area (Å²) >= 11 is 0. The summed E-state index contributed by atoms with van der Waals surface area (Å²) in [5.74, 6) is 0.452. The number of nitrogens with zero attached hydrogens (tertiary/aromatic N) is 3. The van der Waals surface area contributed by atoms with Crippen molar-refractivity contribution in [1.82, 2.24) is 14.3 Å². The van der Waals surface area contributed by atoms with Crippen molar-refractivity contribution in [3.05, 3.63) is 12.4 Å². The van der Waals surface area contributed by atoms with Gasteiger partial charge in [0, 0.05) is 19.6 Å². The molecule has 1 fully saturated rings. The Balaban J connectivity index is 2.15. The largest absolute Gasteiger partial charge is 0.355 e. The first-order chi connectivity index (χ1) is 10.1. The molecule has 1 aliphatic carbocycles. The molecule has 0 radical (unpaired) electrons. The first kappa shape index (κ1) is 16.2. The van der Waals surface area contributed by atoms with Crippen LogP contribution >= 0.6 is 0 Å². The molecule has 2 rings (SSSR count). The van der Waals surface area contributed by atoms with E-state index in [1.807, 2.05) is 6.92 Å². The van der Waals surface area contributed by atoms with E-state index < -0.39 is 10.0 Å². The normalized spacial score (nSPS) is 17.7. The zero-order chi connectivity index (χ0) is 15.3. The lowest BCUT2D eigenvalue weighted by Gasteiger charge is -2.26. The van der Waals surface area contributed by atoms with Gasteiger partial charge in [-0.15, -0.1) is 0 Å². The molecule has 0 bridgehead atoms. The van der Waals surface area contributed by atoms with Crippen molar-refractivity contribution in [3.63, 3.8) is 0 Å². The van der Waals surface area contributed by atoms with E-state index in [0.717, 1.165) is 25.7 Å². The molecule has 1 N–H and O–H groups in total. The molecule has 1 aromatic rings. The fourth-order valence-electron chi connectivity index (χ4n) is 2.68. The maximum atomic E-state index is 12.6. The van der Waals surface area contributed by atoms with E-state index in [2.05, 4.69) is 15.3 Å². The molecule has 1 aromatic heterocycles. The van der Waals surface area contributed by atoms with Crippen LogP contribution in [0.3, 0.4) is 0 Å². The second-order valence-electron chi connectivity index (χ2n) is 5.44. The van der Waals surface area contributed by atoms with E-state index in [-0.39, 0.29) is 10.9 Å². The number of sulfonamides is 1. The molecule has 1 heterocycles. The lowest BCUT2D eigenvalue weighted by Crippen LogP contribution is -2.36. The molecule has 7 heteroatoms. The van der Waals surface area contributed by atoms with E-state index in [1.165, 1.54) is 29.5 Å². The summed E-state index contributed by atoms with van der Waals surface area (Å²) in [6, 6.07) is 0.0888. The molecular weight excluding hydrogens is 288 g/mol. The Bertz CT molecular complexity index is 537. The summed E-state index contributed by atoms with van der Waals surface area (Å²) in [6.07, 6.45) is 9.23. The Morgan fingerprint density at radius 2 is 1.76 bits per heavy atom. The number of anilines is 1. The van der Waals surface area contributed by atoms with E-state index in [0.29, 0.717) is 12.5 Å². The Kier molecular flexibility index (Phi) is 5.52. The minimum Gasteiger partial charge on any atom is -0.355 e. The van der Waals surface area contributed by atoms with Crippen molar-refractivity contribution in [1.29, 1.82) is 0 Å². The predicted octanol–water partition coefficient (Wildman–Crippen LogP) is 2.25. The minimum atomic E-state index is -3.51. The summed E-state index contributed by atoms with van der Waals surface area (Å²) in [7, 11) is -1.84. The second kappa shape index (κ2) is 7.17. The maximum absolute atomic E-state index is 12.6. The van der Waals surface area contributed by atoms with Crippen LogP contribution in [0, 0.1) is 0 Å². The monoisotopic (exact) mass is 312 g/mol. The van der Waals surface area contributed by atoms with Gasteiger partial charge < -0.3 is 5.32 Å². The highest BCUT2D eigenvalue weighted by Gasteiger charge is 2.28. The topological polar surface area (TPSA) is 75.2 Å². The summed E-state index contributed by atoms with van der Waals surface area (Å²) < 4.78 is 26.8. The maximum Gasteiger partial charge on any atom is 0.246 e.